The molecule has 3 unspecified atom stereocenters. The van der Waals surface area contributed by atoms with Gasteiger partial charge in [-0.15, -0.1) is 0 Å². The van der Waals surface area contributed by atoms with Gasteiger partial charge in [0.1, 0.15) is 17.7 Å². The number of fused-ring (bicyclic) bond motifs is 1. The largest absolute Gasteiger partial charge is 0.461 e. The highest BCUT2D eigenvalue weighted by Gasteiger charge is 2.33. The predicted octanol–water partition coefficient (Wildman–Crippen LogP) is 5.76. The van der Waals surface area contributed by atoms with Gasteiger partial charge < -0.3 is 4.74 Å². The minimum Gasteiger partial charge on any atom is -0.461 e. The molecule has 1 aromatic heterocycles. The summed E-state index contributed by atoms with van der Waals surface area (Å²) in [4.78, 5) is 30.5. The third-order valence-corrected chi connectivity index (χ3v) is 7.37. The Morgan fingerprint density at radius 2 is 1.97 bits per heavy atom. The summed E-state index contributed by atoms with van der Waals surface area (Å²) < 4.78 is 35.1. The van der Waals surface area contributed by atoms with Crippen molar-refractivity contribution in [3.05, 3.63) is 64.5 Å². The number of benzene rings is 2. The smallest absolute Gasteiger partial charge is 0.316 e. The van der Waals surface area contributed by atoms with Crippen molar-refractivity contribution in [2.24, 2.45) is 17.8 Å². The highest BCUT2D eigenvalue weighted by Crippen LogP contribution is 2.35. The van der Waals surface area contributed by atoms with Gasteiger partial charge in [0.25, 0.3) is 5.56 Å². The topological polar surface area (TPSA) is 61.2 Å². The molecule has 8 heteroatoms. The second-order valence-corrected chi connectivity index (χ2v) is 10.2. The molecule has 1 heterocycles. The Bertz CT molecular complexity index is 1260. The quantitative estimate of drug-likeness (QED) is 0.252. The molecule has 2 aromatic carbocycles. The molecule has 0 aliphatic heterocycles. The number of hydrogen-bond acceptors (Lipinski definition) is 5. The zero-order valence-corrected chi connectivity index (χ0v) is 20.3. The number of para-hydroxylation sites is 1. The van der Waals surface area contributed by atoms with E-state index in [1.54, 1.807) is 24.3 Å². The van der Waals surface area contributed by atoms with Crippen molar-refractivity contribution in [3.63, 3.8) is 0 Å². The number of aromatic nitrogens is 2. The predicted molar refractivity (Wildman–Crippen MR) is 129 cm³/mol. The van der Waals surface area contributed by atoms with Gasteiger partial charge in [0, 0.05) is 6.07 Å². The van der Waals surface area contributed by atoms with E-state index in [0.29, 0.717) is 28.7 Å². The molecule has 3 atom stereocenters. The van der Waals surface area contributed by atoms with Gasteiger partial charge in [-0.3, -0.25) is 14.2 Å². The van der Waals surface area contributed by atoms with Crippen LogP contribution in [0.3, 0.4) is 0 Å². The van der Waals surface area contributed by atoms with Crippen LogP contribution in [0.2, 0.25) is 0 Å². The van der Waals surface area contributed by atoms with Gasteiger partial charge in [0.05, 0.1) is 22.3 Å². The second-order valence-electron chi connectivity index (χ2n) is 9.29. The average Bonchev–Trinajstić information content (AvgIpc) is 2.78. The summed E-state index contributed by atoms with van der Waals surface area (Å²) in [6.07, 6.45) is 2.85. The van der Waals surface area contributed by atoms with Crippen LogP contribution in [0.25, 0.3) is 16.6 Å². The summed E-state index contributed by atoms with van der Waals surface area (Å²) in [5, 5.41) is 0.442. The maximum absolute atomic E-state index is 14.6. The first kappa shape index (κ1) is 24.4. The van der Waals surface area contributed by atoms with Crippen LogP contribution in [-0.2, 0) is 9.53 Å². The van der Waals surface area contributed by atoms with E-state index in [4.69, 9.17) is 4.74 Å². The SMILES string of the molecule is CC1CCC(C(C)C)C(OC(=O)CSc2nc3ccccc3c(=O)n2-c2ccc(F)cc2F)C1. The lowest BCUT2D eigenvalue weighted by Gasteiger charge is -2.36. The molecule has 0 radical (unpaired) electrons. The van der Waals surface area contributed by atoms with E-state index in [2.05, 4.69) is 25.8 Å². The first-order valence-corrected chi connectivity index (χ1v) is 12.5. The lowest BCUT2D eigenvalue weighted by Crippen LogP contribution is -2.36. The minimum atomic E-state index is -0.889. The lowest BCUT2D eigenvalue weighted by molar-refractivity contribution is -0.152. The first-order valence-electron chi connectivity index (χ1n) is 11.5. The fraction of sp³-hybridized carbons (Fsp3) is 0.423. The number of ether oxygens (including phenoxy) is 1. The average molecular weight is 487 g/mol. The number of thioether (sulfide) groups is 1. The molecule has 4 rings (SSSR count). The van der Waals surface area contributed by atoms with Crippen LogP contribution in [0.15, 0.2) is 52.4 Å². The van der Waals surface area contributed by atoms with E-state index in [-0.39, 0.29) is 22.7 Å². The molecule has 1 fully saturated rings. The number of hydrogen-bond donors (Lipinski definition) is 0. The van der Waals surface area contributed by atoms with E-state index in [9.17, 15) is 18.4 Å². The van der Waals surface area contributed by atoms with E-state index in [1.165, 1.54) is 6.07 Å². The third kappa shape index (κ3) is 5.17. The Hall–Kier alpha value is -2.74. The van der Waals surface area contributed by atoms with E-state index >= 15 is 0 Å². The van der Waals surface area contributed by atoms with Crippen LogP contribution in [-0.4, -0.2) is 27.4 Å². The van der Waals surface area contributed by atoms with Crippen LogP contribution in [0.1, 0.15) is 40.0 Å². The summed E-state index contributed by atoms with van der Waals surface area (Å²) in [5.74, 6) is -0.898. The molecule has 1 aliphatic rings. The van der Waals surface area contributed by atoms with Crippen molar-refractivity contribution < 1.29 is 18.3 Å². The molecule has 0 spiro atoms. The van der Waals surface area contributed by atoms with Crippen LogP contribution in [0, 0.1) is 29.4 Å². The highest BCUT2D eigenvalue weighted by atomic mass is 32.2. The molecular formula is C26H28F2N2O3S. The number of carbonyl (C=O) groups excluding carboxylic acids is 1. The fourth-order valence-electron chi connectivity index (χ4n) is 4.66. The van der Waals surface area contributed by atoms with Crippen LogP contribution in [0.4, 0.5) is 8.78 Å². The Morgan fingerprint density at radius 3 is 2.71 bits per heavy atom. The Labute approximate surface area is 201 Å². The molecule has 0 bridgehead atoms. The molecule has 180 valence electrons. The van der Waals surface area contributed by atoms with Crippen LogP contribution < -0.4 is 5.56 Å². The van der Waals surface area contributed by atoms with Crippen molar-refractivity contribution in [3.8, 4) is 5.69 Å². The van der Waals surface area contributed by atoms with Gasteiger partial charge >= 0.3 is 5.97 Å². The monoisotopic (exact) mass is 486 g/mol. The van der Waals surface area contributed by atoms with Gasteiger partial charge in [-0.1, -0.05) is 51.1 Å². The molecule has 1 saturated carbocycles. The Morgan fingerprint density at radius 1 is 1.21 bits per heavy atom. The second kappa shape index (κ2) is 10.3. The molecule has 0 N–H and O–H groups in total. The molecule has 0 saturated heterocycles. The first-order chi connectivity index (χ1) is 16.2. The molecule has 1 aliphatic carbocycles. The Kier molecular flexibility index (Phi) is 7.36. The Balaban J connectivity index is 1.62. The summed E-state index contributed by atoms with van der Waals surface area (Å²) in [6.45, 7) is 6.46. The maximum atomic E-state index is 14.6. The summed E-state index contributed by atoms with van der Waals surface area (Å²) in [7, 11) is 0. The van der Waals surface area contributed by atoms with Crippen molar-refractivity contribution in [2.75, 3.05) is 5.75 Å². The third-order valence-electron chi connectivity index (χ3n) is 6.46. The van der Waals surface area contributed by atoms with Crippen molar-refractivity contribution >= 4 is 28.6 Å². The van der Waals surface area contributed by atoms with Gasteiger partial charge in [-0.2, -0.15) is 0 Å². The van der Waals surface area contributed by atoms with Crippen molar-refractivity contribution in [1.82, 2.24) is 9.55 Å². The van der Waals surface area contributed by atoms with Crippen molar-refractivity contribution in [2.45, 2.75) is 51.3 Å². The minimum absolute atomic E-state index is 0.0801. The van der Waals surface area contributed by atoms with Gasteiger partial charge in [0.2, 0.25) is 0 Å². The number of nitrogens with zero attached hydrogens (tertiary/aromatic N) is 2. The van der Waals surface area contributed by atoms with E-state index in [1.807, 2.05) is 0 Å². The number of esters is 1. The van der Waals surface area contributed by atoms with Gasteiger partial charge in [-0.25, -0.2) is 13.8 Å². The van der Waals surface area contributed by atoms with Crippen LogP contribution >= 0.6 is 11.8 Å². The van der Waals surface area contributed by atoms with Gasteiger partial charge in [0.15, 0.2) is 5.16 Å². The molecule has 3 aromatic rings. The lowest BCUT2D eigenvalue weighted by atomic mass is 9.75. The summed E-state index contributed by atoms with van der Waals surface area (Å²) >= 11 is 1.01. The maximum Gasteiger partial charge on any atom is 0.316 e. The zero-order chi connectivity index (χ0) is 24.4. The molecule has 34 heavy (non-hydrogen) atoms. The molecular weight excluding hydrogens is 458 g/mol. The number of halogens is 2. The van der Waals surface area contributed by atoms with E-state index in [0.717, 1.165) is 47.7 Å². The number of rotatable bonds is 6. The highest BCUT2D eigenvalue weighted by molar-refractivity contribution is 7.99. The van der Waals surface area contributed by atoms with E-state index < -0.39 is 23.2 Å². The number of carbonyl (C=O) groups is 1. The van der Waals surface area contributed by atoms with Gasteiger partial charge in [-0.05, 0) is 54.9 Å². The molecule has 5 nitrogen and oxygen atoms in total. The standard InChI is InChI=1S/C26H28F2N2O3S/c1-15(2)18-10-8-16(3)12-23(18)33-24(31)14-34-26-29-21-7-5-4-6-19(21)25(32)30(26)22-11-9-17(27)13-20(22)28/h4-7,9,11,13,15-16,18,23H,8,10,12,14H2,1-3H3. The van der Waals surface area contributed by atoms with Crippen LogP contribution in [0.5, 0.6) is 0 Å². The fourth-order valence-corrected chi connectivity index (χ4v) is 5.45. The zero-order valence-electron chi connectivity index (χ0n) is 19.5. The summed E-state index contributed by atoms with van der Waals surface area (Å²) in [6, 6.07) is 9.72. The van der Waals surface area contributed by atoms with Crippen molar-refractivity contribution in [1.29, 1.82) is 0 Å². The normalized spacial score (nSPS) is 20.6. The summed E-state index contributed by atoms with van der Waals surface area (Å²) in [5.41, 5.74) is -0.183. The molecule has 0 amide bonds.